The number of rotatable bonds is 5. The van der Waals surface area contributed by atoms with E-state index < -0.39 is 12.2 Å². The molecule has 106 valence electrons. The number of hydrogen-bond acceptors (Lipinski definition) is 5. The van der Waals surface area contributed by atoms with Crippen molar-refractivity contribution in [2.45, 2.75) is 12.6 Å². The SMILES string of the molecule is NC(=O)OCC(O)Cn1oc(-c2ccccc2)cc1=O. The van der Waals surface area contributed by atoms with Gasteiger partial charge in [0.05, 0.1) is 12.6 Å². The molecule has 7 nitrogen and oxygen atoms in total. The molecule has 1 aromatic carbocycles. The number of aromatic nitrogens is 1. The number of hydrogen-bond donors (Lipinski definition) is 2. The van der Waals surface area contributed by atoms with Crippen molar-refractivity contribution in [3.63, 3.8) is 0 Å². The predicted molar refractivity (Wildman–Crippen MR) is 69.9 cm³/mol. The quantitative estimate of drug-likeness (QED) is 0.831. The van der Waals surface area contributed by atoms with Crippen LogP contribution >= 0.6 is 0 Å². The summed E-state index contributed by atoms with van der Waals surface area (Å²) in [5.74, 6) is 0.401. The smallest absolute Gasteiger partial charge is 0.404 e. The molecule has 0 spiro atoms. The highest BCUT2D eigenvalue weighted by atomic mass is 16.6. The van der Waals surface area contributed by atoms with Crippen LogP contribution in [0, 0.1) is 0 Å². The molecule has 0 aliphatic carbocycles. The van der Waals surface area contributed by atoms with Gasteiger partial charge in [0.1, 0.15) is 12.7 Å². The minimum absolute atomic E-state index is 0.126. The van der Waals surface area contributed by atoms with Crippen LogP contribution in [-0.4, -0.2) is 28.7 Å². The molecule has 0 aliphatic heterocycles. The molecule has 0 bridgehead atoms. The van der Waals surface area contributed by atoms with Crippen LogP contribution in [0.25, 0.3) is 11.3 Å². The van der Waals surface area contributed by atoms with Gasteiger partial charge >= 0.3 is 6.09 Å². The lowest BCUT2D eigenvalue weighted by atomic mass is 10.2. The first-order valence-corrected chi connectivity index (χ1v) is 5.93. The van der Waals surface area contributed by atoms with Crippen LogP contribution in [0.3, 0.4) is 0 Å². The molecule has 1 unspecified atom stereocenters. The number of nitrogens with two attached hydrogens (primary N) is 1. The van der Waals surface area contributed by atoms with Gasteiger partial charge in [0.25, 0.3) is 5.56 Å². The van der Waals surface area contributed by atoms with Crippen molar-refractivity contribution in [2.24, 2.45) is 5.73 Å². The van der Waals surface area contributed by atoms with Gasteiger partial charge in [0.2, 0.25) is 0 Å². The Morgan fingerprint density at radius 1 is 1.40 bits per heavy atom. The highest BCUT2D eigenvalue weighted by molar-refractivity contribution is 5.64. The summed E-state index contributed by atoms with van der Waals surface area (Å²) in [5.41, 5.74) is 5.15. The number of nitrogens with zero attached hydrogens (tertiary/aromatic N) is 1. The number of benzene rings is 1. The Bertz CT molecular complexity index is 632. The highest BCUT2D eigenvalue weighted by Crippen LogP contribution is 2.16. The van der Waals surface area contributed by atoms with Crippen molar-refractivity contribution in [2.75, 3.05) is 6.61 Å². The van der Waals surface area contributed by atoms with Gasteiger partial charge in [-0.1, -0.05) is 30.3 Å². The maximum absolute atomic E-state index is 11.7. The number of aliphatic hydroxyl groups excluding tert-OH is 1. The first-order chi connectivity index (χ1) is 9.56. The maximum Gasteiger partial charge on any atom is 0.404 e. The first kappa shape index (κ1) is 13.9. The van der Waals surface area contributed by atoms with Crippen LogP contribution in [0.4, 0.5) is 4.79 Å². The van der Waals surface area contributed by atoms with Gasteiger partial charge in [-0.05, 0) is 0 Å². The molecule has 0 aliphatic rings. The van der Waals surface area contributed by atoms with Gasteiger partial charge in [-0.3, -0.25) is 4.79 Å². The monoisotopic (exact) mass is 278 g/mol. The Morgan fingerprint density at radius 2 is 2.10 bits per heavy atom. The fraction of sp³-hybridized carbons (Fsp3) is 0.231. The summed E-state index contributed by atoms with van der Waals surface area (Å²) < 4.78 is 10.8. The van der Waals surface area contributed by atoms with Gasteiger partial charge < -0.3 is 20.1 Å². The second-order valence-corrected chi connectivity index (χ2v) is 4.15. The molecule has 1 aromatic heterocycles. The van der Waals surface area contributed by atoms with Crippen LogP contribution in [0.1, 0.15) is 0 Å². The van der Waals surface area contributed by atoms with E-state index in [0.717, 1.165) is 10.3 Å². The number of amides is 1. The van der Waals surface area contributed by atoms with Gasteiger partial charge in [0.15, 0.2) is 5.76 Å². The lowest BCUT2D eigenvalue weighted by molar-refractivity contribution is 0.0453. The lowest BCUT2D eigenvalue weighted by Gasteiger charge is -2.09. The number of ether oxygens (including phenoxy) is 1. The minimum atomic E-state index is -1.07. The highest BCUT2D eigenvalue weighted by Gasteiger charge is 2.13. The molecule has 3 N–H and O–H groups in total. The predicted octanol–water partition coefficient (Wildman–Crippen LogP) is 0.564. The average Bonchev–Trinajstić information content (AvgIpc) is 2.79. The van der Waals surface area contributed by atoms with Crippen molar-refractivity contribution in [3.05, 3.63) is 46.8 Å². The first-order valence-electron chi connectivity index (χ1n) is 5.93. The van der Waals surface area contributed by atoms with Crippen LogP contribution in [0.15, 0.2) is 45.7 Å². The Labute approximate surface area is 114 Å². The molecule has 0 radical (unpaired) electrons. The van der Waals surface area contributed by atoms with Crippen LogP contribution in [0.5, 0.6) is 0 Å². The molecular formula is C13H14N2O5. The van der Waals surface area contributed by atoms with E-state index in [1.807, 2.05) is 18.2 Å². The van der Waals surface area contributed by atoms with Gasteiger partial charge in [0, 0.05) is 5.56 Å². The van der Waals surface area contributed by atoms with Crippen molar-refractivity contribution in [3.8, 4) is 11.3 Å². The summed E-state index contributed by atoms with van der Waals surface area (Å²) in [5, 5.41) is 9.60. The van der Waals surface area contributed by atoms with Crippen molar-refractivity contribution in [1.29, 1.82) is 0 Å². The minimum Gasteiger partial charge on any atom is -0.447 e. The molecule has 0 saturated heterocycles. The summed E-state index contributed by atoms with van der Waals surface area (Å²) >= 11 is 0. The van der Waals surface area contributed by atoms with E-state index in [4.69, 9.17) is 10.3 Å². The molecule has 20 heavy (non-hydrogen) atoms. The Kier molecular flexibility index (Phi) is 4.21. The normalized spacial score (nSPS) is 12.1. The molecule has 1 heterocycles. The fourth-order valence-electron chi connectivity index (χ4n) is 1.66. The number of carbonyl (C=O) groups is 1. The van der Waals surface area contributed by atoms with E-state index in [1.54, 1.807) is 12.1 Å². The number of primary amides is 1. The molecule has 0 fully saturated rings. The topological polar surface area (TPSA) is 108 Å². The molecule has 2 aromatic rings. The summed E-state index contributed by atoms with van der Waals surface area (Å²) in [6.45, 7) is -0.428. The Morgan fingerprint density at radius 3 is 2.75 bits per heavy atom. The third-order valence-corrected chi connectivity index (χ3v) is 2.56. The summed E-state index contributed by atoms with van der Waals surface area (Å²) in [6, 6.07) is 10.4. The zero-order valence-electron chi connectivity index (χ0n) is 10.6. The second-order valence-electron chi connectivity index (χ2n) is 4.15. The zero-order chi connectivity index (χ0) is 14.5. The molecular weight excluding hydrogens is 264 g/mol. The van der Waals surface area contributed by atoms with E-state index in [1.165, 1.54) is 6.07 Å². The van der Waals surface area contributed by atoms with E-state index in [-0.39, 0.29) is 18.7 Å². The maximum atomic E-state index is 11.7. The molecule has 1 amide bonds. The molecule has 0 saturated carbocycles. The Balaban J connectivity index is 2.08. The van der Waals surface area contributed by atoms with Crippen LogP contribution in [0.2, 0.25) is 0 Å². The van der Waals surface area contributed by atoms with Crippen molar-refractivity contribution >= 4 is 6.09 Å². The largest absolute Gasteiger partial charge is 0.447 e. The van der Waals surface area contributed by atoms with Gasteiger partial charge in [-0.15, -0.1) is 0 Å². The third-order valence-electron chi connectivity index (χ3n) is 2.56. The van der Waals surface area contributed by atoms with Crippen LogP contribution < -0.4 is 11.3 Å². The number of carbonyl (C=O) groups excluding carboxylic acids is 1. The fourth-order valence-corrected chi connectivity index (χ4v) is 1.66. The summed E-state index contributed by atoms with van der Waals surface area (Å²) in [6.07, 6.45) is -2.06. The summed E-state index contributed by atoms with van der Waals surface area (Å²) in [4.78, 5) is 22.1. The molecule has 2 rings (SSSR count). The van der Waals surface area contributed by atoms with E-state index >= 15 is 0 Å². The Hall–Kier alpha value is -2.54. The van der Waals surface area contributed by atoms with Crippen molar-refractivity contribution in [1.82, 2.24) is 4.74 Å². The van der Waals surface area contributed by atoms with E-state index in [0.29, 0.717) is 5.76 Å². The van der Waals surface area contributed by atoms with Crippen molar-refractivity contribution < 1.29 is 19.2 Å². The average molecular weight is 278 g/mol. The lowest BCUT2D eigenvalue weighted by Crippen LogP contribution is -2.28. The third kappa shape index (κ3) is 3.48. The zero-order valence-corrected chi connectivity index (χ0v) is 10.6. The van der Waals surface area contributed by atoms with Gasteiger partial charge in [-0.25, -0.2) is 4.79 Å². The van der Waals surface area contributed by atoms with Gasteiger partial charge in [-0.2, -0.15) is 4.74 Å². The van der Waals surface area contributed by atoms with E-state index in [9.17, 15) is 14.7 Å². The standard InChI is InChI=1S/C13H14N2O5/c14-13(18)19-8-10(16)7-15-12(17)6-11(20-15)9-4-2-1-3-5-9/h1-6,10,16H,7-8H2,(H2,14,18). The van der Waals surface area contributed by atoms with E-state index in [2.05, 4.69) is 4.74 Å². The summed E-state index contributed by atoms with van der Waals surface area (Å²) in [7, 11) is 0. The second kappa shape index (κ2) is 6.07. The molecule has 1 atom stereocenters. The van der Waals surface area contributed by atoms with Crippen LogP contribution in [-0.2, 0) is 11.3 Å². The number of aliphatic hydroxyl groups is 1. The molecule has 7 heteroatoms.